The highest BCUT2D eigenvalue weighted by molar-refractivity contribution is 5.17. The number of allylic oxidation sites excluding steroid dienone is 1. The summed E-state index contributed by atoms with van der Waals surface area (Å²) >= 11 is 0. The monoisotopic (exact) mass is 180 g/mol. The molecule has 0 aliphatic rings. The molecule has 1 aromatic heterocycles. The van der Waals surface area contributed by atoms with Crippen molar-refractivity contribution in [3.63, 3.8) is 0 Å². The summed E-state index contributed by atoms with van der Waals surface area (Å²) in [4.78, 5) is 25.2. The van der Waals surface area contributed by atoms with Crippen LogP contribution in [0.4, 0.5) is 0 Å². The van der Waals surface area contributed by atoms with Gasteiger partial charge >= 0.3 is 5.69 Å². The molecule has 0 saturated heterocycles. The summed E-state index contributed by atoms with van der Waals surface area (Å²) in [5, 5.41) is 0. The molecule has 1 rings (SSSR count). The SMILES string of the molecule is C=CCc1c(C)[nH]c(=O)n(C)c1=O. The zero-order valence-corrected chi connectivity index (χ0v) is 7.76. The Labute approximate surface area is 75.5 Å². The molecule has 0 unspecified atom stereocenters. The molecule has 0 atom stereocenters. The van der Waals surface area contributed by atoms with Crippen LogP contribution in [0.25, 0.3) is 0 Å². The fraction of sp³-hybridized carbons (Fsp3) is 0.333. The molecule has 0 bridgehead atoms. The highest BCUT2D eigenvalue weighted by Crippen LogP contribution is 1.96. The van der Waals surface area contributed by atoms with Crippen LogP contribution in [0.3, 0.4) is 0 Å². The number of aromatic nitrogens is 2. The highest BCUT2D eigenvalue weighted by Gasteiger charge is 2.06. The van der Waals surface area contributed by atoms with Crippen LogP contribution < -0.4 is 11.2 Å². The van der Waals surface area contributed by atoms with Crippen molar-refractivity contribution in [2.24, 2.45) is 7.05 Å². The minimum Gasteiger partial charge on any atom is -0.311 e. The second-order valence-electron chi connectivity index (χ2n) is 2.89. The topological polar surface area (TPSA) is 54.9 Å². The number of nitrogens with zero attached hydrogens (tertiary/aromatic N) is 1. The number of aryl methyl sites for hydroxylation is 1. The van der Waals surface area contributed by atoms with Crippen molar-refractivity contribution in [3.8, 4) is 0 Å². The van der Waals surface area contributed by atoms with Crippen LogP contribution in [-0.2, 0) is 13.5 Å². The zero-order valence-electron chi connectivity index (χ0n) is 7.76. The number of rotatable bonds is 2. The Morgan fingerprint density at radius 1 is 1.54 bits per heavy atom. The maximum atomic E-state index is 11.5. The average Bonchev–Trinajstić information content (AvgIpc) is 2.09. The number of nitrogens with one attached hydrogen (secondary N) is 1. The van der Waals surface area contributed by atoms with Crippen LogP contribution in [0.5, 0.6) is 0 Å². The van der Waals surface area contributed by atoms with Gasteiger partial charge in [-0.3, -0.25) is 9.36 Å². The van der Waals surface area contributed by atoms with E-state index in [1.54, 1.807) is 13.0 Å². The Morgan fingerprint density at radius 2 is 2.15 bits per heavy atom. The Kier molecular flexibility index (Phi) is 2.51. The van der Waals surface area contributed by atoms with Crippen molar-refractivity contribution < 1.29 is 0 Å². The van der Waals surface area contributed by atoms with Crippen molar-refractivity contribution in [2.75, 3.05) is 0 Å². The predicted molar refractivity (Wildman–Crippen MR) is 50.9 cm³/mol. The summed E-state index contributed by atoms with van der Waals surface area (Å²) in [5.74, 6) is 0. The van der Waals surface area contributed by atoms with E-state index in [0.29, 0.717) is 17.7 Å². The Hall–Kier alpha value is -1.58. The summed E-state index contributed by atoms with van der Waals surface area (Å²) in [5.41, 5.74) is 0.585. The number of hydrogen-bond acceptors (Lipinski definition) is 2. The van der Waals surface area contributed by atoms with Gasteiger partial charge in [-0.1, -0.05) is 6.08 Å². The van der Waals surface area contributed by atoms with Gasteiger partial charge in [0, 0.05) is 18.3 Å². The smallest absolute Gasteiger partial charge is 0.311 e. The van der Waals surface area contributed by atoms with Crippen LogP contribution >= 0.6 is 0 Å². The third-order valence-corrected chi connectivity index (χ3v) is 1.96. The van der Waals surface area contributed by atoms with Crippen LogP contribution in [-0.4, -0.2) is 9.55 Å². The molecule has 1 aromatic rings. The molecule has 4 nitrogen and oxygen atoms in total. The third kappa shape index (κ3) is 1.61. The van der Waals surface area contributed by atoms with E-state index in [0.717, 1.165) is 4.57 Å². The normalized spacial score (nSPS) is 10.0. The molecule has 1 heterocycles. The van der Waals surface area contributed by atoms with Crippen molar-refractivity contribution in [1.29, 1.82) is 0 Å². The number of aromatic amines is 1. The second kappa shape index (κ2) is 3.43. The van der Waals surface area contributed by atoms with E-state index >= 15 is 0 Å². The molecule has 0 aromatic carbocycles. The van der Waals surface area contributed by atoms with Gasteiger partial charge < -0.3 is 4.98 Å². The van der Waals surface area contributed by atoms with E-state index in [2.05, 4.69) is 11.6 Å². The molecule has 70 valence electrons. The molecule has 0 amide bonds. The minimum atomic E-state index is -0.379. The average molecular weight is 180 g/mol. The van der Waals surface area contributed by atoms with Crippen molar-refractivity contribution in [3.05, 3.63) is 44.8 Å². The largest absolute Gasteiger partial charge is 0.328 e. The minimum absolute atomic E-state index is 0.249. The maximum Gasteiger partial charge on any atom is 0.328 e. The molecule has 0 saturated carbocycles. The molecule has 0 aliphatic heterocycles. The fourth-order valence-corrected chi connectivity index (χ4v) is 1.16. The van der Waals surface area contributed by atoms with Crippen molar-refractivity contribution in [2.45, 2.75) is 13.3 Å². The van der Waals surface area contributed by atoms with Gasteiger partial charge in [0.1, 0.15) is 0 Å². The van der Waals surface area contributed by atoms with E-state index in [9.17, 15) is 9.59 Å². The summed E-state index contributed by atoms with van der Waals surface area (Å²) < 4.78 is 1.06. The molecule has 1 N–H and O–H groups in total. The van der Waals surface area contributed by atoms with Gasteiger partial charge in [0.15, 0.2) is 0 Å². The van der Waals surface area contributed by atoms with E-state index in [4.69, 9.17) is 0 Å². The fourth-order valence-electron chi connectivity index (χ4n) is 1.16. The van der Waals surface area contributed by atoms with Crippen LogP contribution in [0, 0.1) is 6.92 Å². The summed E-state index contributed by atoms with van der Waals surface area (Å²) in [6.07, 6.45) is 2.12. The van der Waals surface area contributed by atoms with E-state index in [-0.39, 0.29) is 11.2 Å². The summed E-state index contributed by atoms with van der Waals surface area (Å²) in [6, 6.07) is 0. The summed E-state index contributed by atoms with van der Waals surface area (Å²) in [7, 11) is 1.45. The van der Waals surface area contributed by atoms with Gasteiger partial charge in [0.25, 0.3) is 5.56 Å². The quantitative estimate of drug-likeness (QED) is 0.657. The van der Waals surface area contributed by atoms with Gasteiger partial charge in [0.05, 0.1) is 0 Å². The van der Waals surface area contributed by atoms with Crippen LogP contribution in [0.1, 0.15) is 11.3 Å². The third-order valence-electron chi connectivity index (χ3n) is 1.96. The lowest BCUT2D eigenvalue weighted by Gasteiger charge is -2.03. The van der Waals surface area contributed by atoms with Crippen LogP contribution in [0.2, 0.25) is 0 Å². The van der Waals surface area contributed by atoms with Gasteiger partial charge in [-0.2, -0.15) is 0 Å². The maximum absolute atomic E-state index is 11.5. The first-order chi connectivity index (χ1) is 6.07. The van der Waals surface area contributed by atoms with Gasteiger partial charge in [-0.05, 0) is 13.3 Å². The van der Waals surface area contributed by atoms with Crippen molar-refractivity contribution in [1.82, 2.24) is 9.55 Å². The van der Waals surface area contributed by atoms with Crippen LogP contribution in [0.15, 0.2) is 22.2 Å². The van der Waals surface area contributed by atoms with Gasteiger partial charge in [0.2, 0.25) is 0 Å². The first-order valence-electron chi connectivity index (χ1n) is 3.97. The van der Waals surface area contributed by atoms with Gasteiger partial charge in [-0.15, -0.1) is 6.58 Å². The number of H-pyrrole nitrogens is 1. The van der Waals surface area contributed by atoms with E-state index in [1.807, 2.05) is 0 Å². The molecule has 13 heavy (non-hydrogen) atoms. The zero-order chi connectivity index (χ0) is 10.0. The molecule has 4 heteroatoms. The molecule has 0 radical (unpaired) electrons. The first-order valence-corrected chi connectivity index (χ1v) is 3.97. The standard InChI is InChI=1S/C9H12N2O2/c1-4-5-7-6(2)10-9(13)11(3)8(7)12/h4H,1,5H2,2-3H3,(H,10,13). The van der Waals surface area contributed by atoms with E-state index in [1.165, 1.54) is 7.05 Å². The molecule has 0 aliphatic carbocycles. The Balaban J connectivity index is 3.53. The lowest BCUT2D eigenvalue weighted by atomic mass is 10.2. The van der Waals surface area contributed by atoms with E-state index < -0.39 is 0 Å². The van der Waals surface area contributed by atoms with Crippen molar-refractivity contribution >= 4 is 0 Å². The lowest BCUT2D eigenvalue weighted by Crippen LogP contribution is -2.35. The first kappa shape index (κ1) is 9.51. The predicted octanol–water partition coefficient (Wildman–Crippen LogP) is 0.111. The number of hydrogen-bond donors (Lipinski definition) is 1. The Bertz CT molecular complexity index is 440. The van der Waals surface area contributed by atoms with Gasteiger partial charge in [-0.25, -0.2) is 4.79 Å². The summed E-state index contributed by atoms with van der Waals surface area (Å²) in [6.45, 7) is 5.26. The highest BCUT2D eigenvalue weighted by atomic mass is 16.2. The second-order valence-corrected chi connectivity index (χ2v) is 2.89. The molecule has 0 spiro atoms. The molecular weight excluding hydrogens is 168 g/mol. The Morgan fingerprint density at radius 3 is 2.69 bits per heavy atom. The molecule has 0 fully saturated rings. The molecular formula is C9H12N2O2. The lowest BCUT2D eigenvalue weighted by molar-refractivity contribution is 0.747.